The van der Waals surface area contributed by atoms with Crippen LogP contribution >= 0.6 is 0 Å². The zero-order valence-electron chi connectivity index (χ0n) is 9.16. The van der Waals surface area contributed by atoms with Crippen LogP contribution in [0.4, 0.5) is 13.2 Å². The molecule has 0 atom stereocenters. The SMILES string of the molecule is NC(=O)C1(NC(=O)C(F)(F)F)CCN(N=O)CC1. The van der Waals surface area contributed by atoms with Crippen LogP contribution in [0.5, 0.6) is 0 Å². The van der Waals surface area contributed by atoms with E-state index in [9.17, 15) is 27.7 Å². The molecule has 1 fully saturated rings. The monoisotopic (exact) mass is 268 g/mol. The van der Waals surface area contributed by atoms with E-state index >= 15 is 0 Å². The number of halogens is 3. The van der Waals surface area contributed by atoms with Crippen LogP contribution in [0, 0.1) is 4.91 Å². The molecule has 1 aliphatic heterocycles. The van der Waals surface area contributed by atoms with E-state index in [2.05, 4.69) is 5.29 Å². The number of hydrogen-bond acceptors (Lipinski definition) is 4. The molecule has 0 aromatic heterocycles. The normalized spacial score (nSPS) is 19.2. The first-order chi connectivity index (χ1) is 8.21. The molecule has 3 N–H and O–H groups in total. The number of rotatable bonds is 3. The summed E-state index contributed by atoms with van der Waals surface area (Å²) in [5.41, 5.74) is 3.25. The number of primary amides is 1. The van der Waals surface area contributed by atoms with Gasteiger partial charge >= 0.3 is 12.1 Å². The first-order valence-corrected chi connectivity index (χ1v) is 4.99. The van der Waals surface area contributed by atoms with E-state index in [1.54, 1.807) is 5.32 Å². The molecule has 1 aliphatic rings. The Morgan fingerprint density at radius 1 is 1.28 bits per heavy atom. The lowest BCUT2D eigenvalue weighted by molar-refractivity contribution is -0.177. The Bertz CT molecular complexity index is 363. The third-order valence-electron chi connectivity index (χ3n) is 2.79. The number of nitrogens with zero attached hydrogens (tertiary/aromatic N) is 2. The van der Waals surface area contributed by atoms with E-state index in [0.717, 1.165) is 5.01 Å². The fraction of sp³-hybridized carbons (Fsp3) is 0.750. The highest BCUT2D eigenvalue weighted by Gasteiger charge is 2.48. The van der Waals surface area contributed by atoms with Crippen molar-refractivity contribution in [1.29, 1.82) is 0 Å². The van der Waals surface area contributed by atoms with E-state index < -0.39 is 23.5 Å². The van der Waals surface area contributed by atoms with Gasteiger partial charge in [0.15, 0.2) is 0 Å². The van der Waals surface area contributed by atoms with Gasteiger partial charge < -0.3 is 11.1 Å². The van der Waals surface area contributed by atoms with Gasteiger partial charge in [-0.15, -0.1) is 4.91 Å². The molecular formula is C8H11F3N4O3. The summed E-state index contributed by atoms with van der Waals surface area (Å²) in [6.07, 6.45) is -5.49. The molecule has 18 heavy (non-hydrogen) atoms. The molecule has 1 saturated heterocycles. The lowest BCUT2D eigenvalue weighted by Crippen LogP contribution is -2.63. The summed E-state index contributed by atoms with van der Waals surface area (Å²) in [5, 5.41) is 5.25. The smallest absolute Gasteiger partial charge is 0.368 e. The maximum Gasteiger partial charge on any atom is 0.471 e. The first-order valence-electron chi connectivity index (χ1n) is 4.99. The second-order valence-corrected chi connectivity index (χ2v) is 3.93. The zero-order valence-corrected chi connectivity index (χ0v) is 9.16. The molecule has 102 valence electrons. The predicted octanol–water partition coefficient (Wildman–Crippen LogP) is -0.334. The van der Waals surface area contributed by atoms with E-state index in [1.165, 1.54) is 0 Å². The third kappa shape index (κ3) is 2.87. The average Bonchev–Trinajstić information content (AvgIpc) is 2.28. The molecule has 2 amide bonds. The summed E-state index contributed by atoms with van der Waals surface area (Å²) < 4.78 is 36.4. The van der Waals surface area contributed by atoms with E-state index in [-0.39, 0.29) is 25.9 Å². The highest BCUT2D eigenvalue weighted by Crippen LogP contribution is 2.25. The fourth-order valence-corrected chi connectivity index (χ4v) is 1.68. The summed E-state index contributed by atoms with van der Waals surface area (Å²) >= 11 is 0. The van der Waals surface area contributed by atoms with Gasteiger partial charge in [0, 0.05) is 13.1 Å². The number of nitrogens with one attached hydrogen (secondary N) is 1. The Morgan fingerprint density at radius 2 is 1.78 bits per heavy atom. The number of carbonyl (C=O) groups excluding carboxylic acids is 2. The highest BCUT2D eigenvalue weighted by atomic mass is 19.4. The molecule has 0 spiro atoms. The van der Waals surface area contributed by atoms with Crippen LogP contribution in [-0.2, 0) is 9.59 Å². The summed E-state index contributed by atoms with van der Waals surface area (Å²) in [7, 11) is 0. The Kier molecular flexibility index (Phi) is 3.77. The second-order valence-electron chi connectivity index (χ2n) is 3.93. The van der Waals surface area contributed by atoms with Crippen molar-refractivity contribution < 1.29 is 22.8 Å². The van der Waals surface area contributed by atoms with E-state index in [0.29, 0.717) is 0 Å². The van der Waals surface area contributed by atoms with Gasteiger partial charge in [0.05, 0.1) is 5.29 Å². The maximum atomic E-state index is 12.1. The van der Waals surface area contributed by atoms with Crippen molar-refractivity contribution in [2.24, 2.45) is 11.0 Å². The minimum absolute atomic E-state index is 0.0510. The molecule has 0 unspecified atom stereocenters. The lowest BCUT2D eigenvalue weighted by Gasteiger charge is -2.37. The summed E-state index contributed by atoms with van der Waals surface area (Å²) in [6, 6.07) is 0. The van der Waals surface area contributed by atoms with Crippen LogP contribution in [0.25, 0.3) is 0 Å². The minimum Gasteiger partial charge on any atom is -0.368 e. The molecule has 0 aliphatic carbocycles. The largest absolute Gasteiger partial charge is 0.471 e. The van der Waals surface area contributed by atoms with Gasteiger partial charge in [-0.25, -0.2) is 0 Å². The minimum atomic E-state index is -5.09. The maximum absolute atomic E-state index is 12.1. The molecular weight excluding hydrogens is 257 g/mol. The van der Waals surface area contributed by atoms with Crippen LogP contribution in [0.15, 0.2) is 5.29 Å². The van der Waals surface area contributed by atoms with Gasteiger partial charge in [0.25, 0.3) is 0 Å². The lowest BCUT2D eigenvalue weighted by atomic mass is 9.87. The summed E-state index contributed by atoms with van der Waals surface area (Å²) in [4.78, 5) is 32.3. The van der Waals surface area contributed by atoms with Gasteiger partial charge in [-0.05, 0) is 12.8 Å². The summed E-state index contributed by atoms with van der Waals surface area (Å²) in [6.45, 7) is -0.102. The third-order valence-corrected chi connectivity index (χ3v) is 2.79. The van der Waals surface area contributed by atoms with Crippen molar-refractivity contribution in [3.8, 4) is 0 Å². The molecule has 7 nitrogen and oxygen atoms in total. The predicted molar refractivity (Wildman–Crippen MR) is 52.7 cm³/mol. The number of alkyl halides is 3. The number of hydrogen-bond donors (Lipinski definition) is 2. The second kappa shape index (κ2) is 4.78. The topological polar surface area (TPSA) is 105 Å². The Hall–Kier alpha value is -1.87. The average molecular weight is 268 g/mol. The molecule has 0 aromatic rings. The number of amides is 2. The van der Waals surface area contributed by atoms with Crippen LogP contribution in [0.3, 0.4) is 0 Å². The Labute approximate surface area is 99.4 Å². The zero-order chi connectivity index (χ0) is 14.0. The van der Waals surface area contributed by atoms with Gasteiger partial charge in [-0.2, -0.15) is 13.2 Å². The van der Waals surface area contributed by atoms with Gasteiger partial charge in [-0.1, -0.05) is 0 Å². The van der Waals surface area contributed by atoms with Crippen molar-refractivity contribution in [3.05, 3.63) is 4.91 Å². The quantitative estimate of drug-likeness (QED) is 0.683. The number of nitrogens with two attached hydrogens (primary N) is 1. The van der Waals surface area contributed by atoms with Crippen LogP contribution in [0.2, 0.25) is 0 Å². The Balaban J connectivity index is 2.81. The van der Waals surface area contributed by atoms with Crippen LogP contribution in [0.1, 0.15) is 12.8 Å². The van der Waals surface area contributed by atoms with Gasteiger partial charge in [0.2, 0.25) is 5.91 Å². The van der Waals surface area contributed by atoms with Crippen molar-refractivity contribution in [2.75, 3.05) is 13.1 Å². The Morgan fingerprint density at radius 3 is 2.11 bits per heavy atom. The number of nitroso groups, excluding NO2 is 1. The first kappa shape index (κ1) is 14.2. The highest BCUT2D eigenvalue weighted by molar-refractivity contribution is 5.92. The van der Waals surface area contributed by atoms with Crippen LogP contribution < -0.4 is 11.1 Å². The van der Waals surface area contributed by atoms with Gasteiger partial charge in [-0.3, -0.25) is 14.6 Å². The molecule has 10 heteroatoms. The van der Waals surface area contributed by atoms with Crippen molar-refractivity contribution in [2.45, 2.75) is 24.6 Å². The van der Waals surface area contributed by atoms with Crippen molar-refractivity contribution >= 4 is 11.8 Å². The molecule has 0 radical (unpaired) electrons. The molecule has 1 rings (SSSR count). The summed E-state index contributed by atoms with van der Waals surface area (Å²) in [5.74, 6) is -3.29. The van der Waals surface area contributed by atoms with Crippen molar-refractivity contribution in [3.63, 3.8) is 0 Å². The van der Waals surface area contributed by atoms with Crippen LogP contribution in [-0.4, -0.2) is 41.6 Å². The number of carbonyl (C=O) groups is 2. The molecule has 0 bridgehead atoms. The number of piperidine rings is 1. The van der Waals surface area contributed by atoms with E-state index in [1.807, 2.05) is 0 Å². The van der Waals surface area contributed by atoms with Gasteiger partial charge in [0.1, 0.15) is 5.54 Å². The fourth-order valence-electron chi connectivity index (χ4n) is 1.68. The molecule has 1 heterocycles. The van der Waals surface area contributed by atoms with E-state index in [4.69, 9.17) is 5.73 Å². The standard InChI is InChI=1S/C8H11F3N4O3/c9-8(10,11)6(17)13-7(5(12)16)1-3-15(14-18)4-2-7/h1-4H2,(H2,12,16)(H,13,17). The molecule has 0 aromatic carbocycles. The van der Waals surface area contributed by atoms with Crippen molar-refractivity contribution in [1.82, 2.24) is 10.3 Å². The molecule has 0 saturated carbocycles.